The van der Waals surface area contributed by atoms with Gasteiger partial charge < -0.3 is 15.2 Å². The molecule has 0 aliphatic carbocycles. The molecule has 0 bridgehead atoms. The van der Waals surface area contributed by atoms with Gasteiger partial charge in [0.25, 0.3) is 0 Å². The fourth-order valence-electron chi connectivity index (χ4n) is 2.99. The highest BCUT2D eigenvalue weighted by atomic mass is 19.1. The lowest BCUT2D eigenvalue weighted by Crippen LogP contribution is -2.32. The van der Waals surface area contributed by atoms with Gasteiger partial charge in [0.1, 0.15) is 17.4 Å². The van der Waals surface area contributed by atoms with Crippen LogP contribution in [0.25, 0.3) is 0 Å². The van der Waals surface area contributed by atoms with Gasteiger partial charge in [-0.1, -0.05) is 0 Å². The van der Waals surface area contributed by atoms with E-state index in [1.807, 2.05) is 6.07 Å². The van der Waals surface area contributed by atoms with Gasteiger partial charge in [-0.05, 0) is 41.8 Å². The van der Waals surface area contributed by atoms with Gasteiger partial charge in [0.2, 0.25) is 0 Å². The van der Waals surface area contributed by atoms with Crippen LogP contribution >= 0.6 is 0 Å². The highest BCUT2D eigenvalue weighted by Gasteiger charge is 2.27. The van der Waals surface area contributed by atoms with Crippen LogP contribution in [0.5, 0.6) is 5.75 Å². The van der Waals surface area contributed by atoms with Gasteiger partial charge in [-0.25, -0.2) is 13.6 Å². The molecule has 2 aromatic carbocycles. The number of hydrogen-bond acceptors (Lipinski definition) is 4. The standard InChI is InChI=1S/C18H14F2N2O3/c19-11-6-13-12(15(20)7-11)3-4-22-18(13)14-5-10(8-21)1-2-16(14)25-9-17(23)24/h1-2,5-7,18,22H,3-4,9H2,(H,23,24). The lowest BCUT2D eigenvalue weighted by Gasteiger charge is -2.29. The van der Waals surface area contributed by atoms with Crippen molar-refractivity contribution in [3.8, 4) is 11.8 Å². The highest BCUT2D eigenvalue weighted by molar-refractivity contribution is 5.68. The van der Waals surface area contributed by atoms with Gasteiger partial charge >= 0.3 is 5.97 Å². The SMILES string of the molecule is N#Cc1ccc(OCC(=O)O)c(C2NCCc3c(F)cc(F)cc32)c1. The Morgan fingerprint density at radius 3 is 2.84 bits per heavy atom. The molecule has 1 aliphatic heterocycles. The second-order valence-electron chi connectivity index (χ2n) is 5.64. The summed E-state index contributed by atoms with van der Waals surface area (Å²) in [5.41, 5.74) is 1.62. The third-order valence-corrected chi connectivity index (χ3v) is 4.03. The van der Waals surface area contributed by atoms with Crippen LogP contribution in [0.4, 0.5) is 8.78 Å². The predicted octanol–water partition coefficient (Wildman–Crippen LogP) is 2.53. The fraction of sp³-hybridized carbons (Fsp3) is 0.222. The van der Waals surface area contributed by atoms with E-state index in [1.165, 1.54) is 24.3 Å². The Bertz CT molecular complexity index is 877. The Morgan fingerprint density at radius 1 is 1.32 bits per heavy atom. The van der Waals surface area contributed by atoms with Crippen molar-refractivity contribution in [2.24, 2.45) is 0 Å². The summed E-state index contributed by atoms with van der Waals surface area (Å²) in [6.45, 7) is -0.106. The number of nitriles is 1. The molecule has 2 aromatic rings. The molecular formula is C18H14F2N2O3. The monoisotopic (exact) mass is 344 g/mol. The van der Waals surface area contributed by atoms with Gasteiger partial charge in [0.05, 0.1) is 17.7 Å². The molecule has 0 fully saturated rings. The van der Waals surface area contributed by atoms with Crippen molar-refractivity contribution in [2.45, 2.75) is 12.5 Å². The number of carboxylic acid groups (broad SMARTS) is 1. The Labute approximate surface area is 142 Å². The molecule has 0 saturated heterocycles. The van der Waals surface area contributed by atoms with Gasteiger partial charge in [-0.3, -0.25) is 0 Å². The molecule has 1 heterocycles. The van der Waals surface area contributed by atoms with Crippen LogP contribution in [0.2, 0.25) is 0 Å². The Balaban J connectivity index is 2.10. The smallest absolute Gasteiger partial charge is 0.341 e. The van der Waals surface area contributed by atoms with E-state index in [0.717, 1.165) is 6.07 Å². The van der Waals surface area contributed by atoms with Crippen LogP contribution in [0.3, 0.4) is 0 Å². The largest absolute Gasteiger partial charge is 0.482 e. The Kier molecular flexibility index (Phi) is 4.63. The molecule has 5 nitrogen and oxygen atoms in total. The third kappa shape index (κ3) is 3.44. The minimum Gasteiger partial charge on any atom is -0.482 e. The number of aliphatic carboxylic acids is 1. The van der Waals surface area contributed by atoms with E-state index in [9.17, 15) is 13.6 Å². The number of carboxylic acids is 1. The molecule has 3 rings (SSSR count). The summed E-state index contributed by atoms with van der Waals surface area (Å²) >= 11 is 0. The topological polar surface area (TPSA) is 82.3 Å². The number of nitrogens with one attached hydrogen (secondary N) is 1. The van der Waals surface area contributed by atoms with E-state index in [4.69, 9.17) is 15.1 Å². The third-order valence-electron chi connectivity index (χ3n) is 4.03. The molecule has 2 N–H and O–H groups in total. The van der Waals surface area contributed by atoms with Gasteiger partial charge in [-0.15, -0.1) is 0 Å². The predicted molar refractivity (Wildman–Crippen MR) is 84.2 cm³/mol. The molecule has 1 aliphatic rings. The minimum absolute atomic E-state index is 0.247. The number of carbonyl (C=O) groups is 1. The first-order valence-electron chi connectivity index (χ1n) is 7.59. The van der Waals surface area contributed by atoms with Crippen molar-refractivity contribution in [1.29, 1.82) is 5.26 Å². The maximum atomic E-state index is 14.1. The van der Waals surface area contributed by atoms with Crippen molar-refractivity contribution in [3.05, 3.63) is 64.2 Å². The first kappa shape index (κ1) is 16.9. The Morgan fingerprint density at radius 2 is 2.12 bits per heavy atom. The van der Waals surface area contributed by atoms with E-state index in [-0.39, 0.29) is 5.75 Å². The number of hydrogen-bond donors (Lipinski definition) is 2. The molecule has 128 valence electrons. The lowest BCUT2D eigenvalue weighted by atomic mass is 9.88. The Hall–Kier alpha value is -2.98. The van der Waals surface area contributed by atoms with Gasteiger partial charge in [0.15, 0.2) is 6.61 Å². The van der Waals surface area contributed by atoms with Crippen LogP contribution in [0, 0.1) is 23.0 Å². The molecular weight excluding hydrogens is 330 g/mol. The second-order valence-corrected chi connectivity index (χ2v) is 5.64. The summed E-state index contributed by atoms with van der Waals surface area (Å²) in [4.78, 5) is 10.8. The minimum atomic E-state index is -1.15. The number of benzene rings is 2. The summed E-state index contributed by atoms with van der Waals surface area (Å²) in [6, 6.07) is 8.00. The van der Waals surface area contributed by atoms with Crippen LogP contribution < -0.4 is 10.1 Å². The zero-order valence-corrected chi connectivity index (χ0v) is 13.1. The lowest BCUT2D eigenvalue weighted by molar-refractivity contribution is -0.139. The molecule has 0 radical (unpaired) electrons. The number of nitrogens with zero attached hydrogens (tertiary/aromatic N) is 1. The first-order valence-corrected chi connectivity index (χ1v) is 7.59. The molecule has 1 unspecified atom stereocenters. The highest BCUT2D eigenvalue weighted by Crippen LogP contribution is 2.36. The molecule has 25 heavy (non-hydrogen) atoms. The summed E-state index contributed by atoms with van der Waals surface area (Å²) in [5, 5.41) is 21.1. The van der Waals surface area contributed by atoms with E-state index in [0.29, 0.717) is 35.2 Å². The maximum absolute atomic E-state index is 14.1. The van der Waals surface area contributed by atoms with E-state index < -0.39 is 30.3 Å². The summed E-state index contributed by atoms with van der Waals surface area (Å²) < 4.78 is 33.1. The van der Waals surface area contributed by atoms with Crippen LogP contribution in [0.15, 0.2) is 30.3 Å². The maximum Gasteiger partial charge on any atom is 0.341 e. The van der Waals surface area contributed by atoms with E-state index in [1.54, 1.807) is 0 Å². The quantitative estimate of drug-likeness (QED) is 0.891. The van der Waals surface area contributed by atoms with Crippen molar-refractivity contribution in [2.75, 3.05) is 13.2 Å². The second kappa shape index (κ2) is 6.87. The van der Waals surface area contributed by atoms with Crippen molar-refractivity contribution < 1.29 is 23.4 Å². The summed E-state index contributed by atoms with van der Waals surface area (Å²) in [7, 11) is 0. The van der Waals surface area contributed by atoms with E-state index in [2.05, 4.69) is 5.32 Å². The average Bonchev–Trinajstić information content (AvgIpc) is 2.59. The zero-order valence-electron chi connectivity index (χ0n) is 13.1. The normalized spacial score (nSPS) is 16.0. The molecule has 1 atom stereocenters. The molecule has 0 amide bonds. The summed E-state index contributed by atoms with van der Waals surface area (Å²) in [5.74, 6) is -2.22. The fourth-order valence-corrected chi connectivity index (χ4v) is 2.99. The number of rotatable bonds is 4. The van der Waals surface area contributed by atoms with Gasteiger partial charge in [-0.2, -0.15) is 5.26 Å². The van der Waals surface area contributed by atoms with Crippen molar-refractivity contribution >= 4 is 5.97 Å². The number of ether oxygens (including phenoxy) is 1. The molecule has 7 heteroatoms. The molecule has 0 spiro atoms. The number of fused-ring (bicyclic) bond motifs is 1. The van der Waals surface area contributed by atoms with Crippen LogP contribution in [0.1, 0.15) is 28.3 Å². The molecule has 0 aromatic heterocycles. The van der Waals surface area contributed by atoms with Crippen molar-refractivity contribution in [3.63, 3.8) is 0 Å². The van der Waals surface area contributed by atoms with E-state index >= 15 is 0 Å². The number of halogens is 2. The zero-order chi connectivity index (χ0) is 18.0. The van der Waals surface area contributed by atoms with Crippen molar-refractivity contribution in [1.82, 2.24) is 5.32 Å². The molecule has 0 saturated carbocycles. The van der Waals surface area contributed by atoms with Gasteiger partial charge in [0, 0.05) is 18.2 Å². The van der Waals surface area contributed by atoms with Crippen LogP contribution in [-0.4, -0.2) is 24.2 Å². The first-order chi connectivity index (χ1) is 12.0. The van der Waals surface area contributed by atoms with Crippen LogP contribution in [-0.2, 0) is 11.2 Å². The summed E-state index contributed by atoms with van der Waals surface area (Å²) in [6.07, 6.45) is 0.404. The average molecular weight is 344 g/mol.